The molecule has 0 saturated carbocycles. The fourth-order valence-electron chi connectivity index (χ4n) is 2.36. The van der Waals surface area contributed by atoms with Gasteiger partial charge in [0.25, 0.3) is 5.69 Å². The molecule has 7 nitrogen and oxygen atoms in total. The second-order valence-electron chi connectivity index (χ2n) is 6.26. The van der Waals surface area contributed by atoms with Gasteiger partial charge in [-0.1, -0.05) is 0 Å². The van der Waals surface area contributed by atoms with Crippen LogP contribution < -0.4 is 4.74 Å². The molecule has 2 rings (SSSR count). The maximum Gasteiger partial charge on any atom is 0.415 e. The summed E-state index contributed by atoms with van der Waals surface area (Å²) in [7, 11) is 0. The van der Waals surface area contributed by atoms with Crippen LogP contribution in [0.15, 0.2) is 24.3 Å². The Morgan fingerprint density at radius 3 is 2.14 bits per heavy atom. The molecule has 0 radical (unpaired) electrons. The van der Waals surface area contributed by atoms with Crippen LogP contribution in [0.3, 0.4) is 0 Å². The van der Waals surface area contributed by atoms with E-state index < -0.39 is 11.0 Å². The van der Waals surface area contributed by atoms with E-state index in [-0.39, 0.29) is 11.2 Å². The van der Waals surface area contributed by atoms with Crippen molar-refractivity contribution in [3.8, 4) is 5.75 Å². The highest BCUT2D eigenvalue weighted by molar-refractivity contribution is 5.71. The molecular weight excluding hydrogens is 286 g/mol. The number of carbonyl (C=O) groups is 1. The fourth-order valence-corrected chi connectivity index (χ4v) is 2.36. The van der Waals surface area contributed by atoms with Crippen LogP contribution in [0.25, 0.3) is 0 Å². The van der Waals surface area contributed by atoms with Gasteiger partial charge in [-0.2, -0.15) is 0 Å². The first-order chi connectivity index (χ1) is 10.3. The largest absolute Gasteiger partial charge is 0.415 e. The number of carbonyl (C=O) groups excluding carboxylic acids is 1. The molecule has 1 fully saturated rings. The maximum atomic E-state index is 12.1. The Bertz CT molecular complexity index is 543. The number of amides is 1. The molecule has 0 N–H and O–H groups in total. The Labute approximate surface area is 129 Å². The van der Waals surface area contributed by atoms with E-state index in [1.165, 1.54) is 24.3 Å². The summed E-state index contributed by atoms with van der Waals surface area (Å²) < 4.78 is 5.26. The topological polar surface area (TPSA) is 75.9 Å². The van der Waals surface area contributed by atoms with Crippen LogP contribution in [0.5, 0.6) is 5.75 Å². The van der Waals surface area contributed by atoms with Gasteiger partial charge in [-0.3, -0.25) is 15.0 Å². The van der Waals surface area contributed by atoms with Crippen molar-refractivity contribution in [3.63, 3.8) is 0 Å². The normalized spacial score (nSPS) is 16.4. The fraction of sp³-hybridized carbons (Fsp3) is 0.533. The smallest absolute Gasteiger partial charge is 0.410 e. The van der Waals surface area contributed by atoms with E-state index in [1.54, 1.807) is 4.90 Å². The van der Waals surface area contributed by atoms with Crippen molar-refractivity contribution in [1.82, 2.24) is 9.80 Å². The minimum absolute atomic E-state index is 0.0291. The van der Waals surface area contributed by atoms with Crippen molar-refractivity contribution in [2.75, 3.05) is 26.2 Å². The molecule has 0 unspecified atom stereocenters. The van der Waals surface area contributed by atoms with E-state index in [2.05, 4.69) is 25.7 Å². The lowest BCUT2D eigenvalue weighted by Crippen LogP contribution is -2.55. The van der Waals surface area contributed by atoms with E-state index in [9.17, 15) is 14.9 Å². The first-order valence-electron chi connectivity index (χ1n) is 7.23. The lowest BCUT2D eigenvalue weighted by atomic mass is 10.1. The Balaban J connectivity index is 1.89. The number of hydrogen-bond acceptors (Lipinski definition) is 5. The minimum Gasteiger partial charge on any atom is -0.410 e. The summed E-state index contributed by atoms with van der Waals surface area (Å²) in [6.07, 6.45) is -0.414. The number of nitrogens with zero attached hydrogens (tertiary/aromatic N) is 3. The number of piperazine rings is 1. The molecule has 1 aliphatic rings. The summed E-state index contributed by atoms with van der Waals surface area (Å²) in [6.45, 7) is 9.29. The van der Waals surface area contributed by atoms with Crippen molar-refractivity contribution in [2.45, 2.75) is 26.3 Å². The third-order valence-corrected chi connectivity index (χ3v) is 3.74. The molecule has 1 amide bonds. The van der Waals surface area contributed by atoms with Crippen molar-refractivity contribution < 1.29 is 14.5 Å². The van der Waals surface area contributed by atoms with E-state index in [4.69, 9.17) is 4.74 Å². The van der Waals surface area contributed by atoms with E-state index in [0.29, 0.717) is 18.8 Å². The van der Waals surface area contributed by atoms with Crippen LogP contribution in [0.1, 0.15) is 20.8 Å². The van der Waals surface area contributed by atoms with Crippen molar-refractivity contribution in [3.05, 3.63) is 34.4 Å². The third-order valence-electron chi connectivity index (χ3n) is 3.74. The van der Waals surface area contributed by atoms with Crippen molar-refractivity contribution in [1.29, 1.82) is 0 Å². The zero-order chi connectivity index (χ0) is 16.3. The highest BCUT2D eigenvalue weighted by Crippen LogP contribution is 2.19. The Kier molecular flexibility index (Phi) is 4.65. The van der Waals surface area contributed by atoms with Crippen LogP contribution in [0.2, 0.25) is 0 Å². The van der Waals surface area contributed by atoms with Gasteiger partial charge >= 0.3 is 6.09 Å². The molecule has 7 heteroatoms. The van der Waals surface area contributed by atoms with E-state index >= 15 is 0 Å². The second kappa shape index (κ2) is 6.31. The van der Waals surface area contributed by atoms with Crippen LogP contribution in [0, 0.1) is 10.1 Å². The average molecular weight is 307 g/mol. The lowest BCUT2D eigenvalue weighted by Gasteiger charge is -2.41. The molecular formula is C15H21N3O4. The number of ether oxygens (including phenoxy) is 1. The maximum absolute atomic E-state index is 12.1. The quantitative estimate of drug-likeness (QED) is 0.620. The van der Waals surface area contributed by atoms with Gasteiger partial charge in [0.15, 0.2) is 0 Å². The summed E-state index contributed by atoms with van der Waals surface area (Å²) in [6, 6.07) is 5.50. The van der Waals surface area contributed by atoms with Gasteiger partial charge in [0.1, 0.15) is 5.75 Å². The number of hydrogen-bond donors (Lipinski definition) is 0. The molecule has 1 aliphatic heterocycles. The Morgan fingerprint density at radius 2 is 1.68 bits per heavy atom. The molecule has 0 spiro atoms. The van der Waals surface area contributed by atoms with Crippen molar-refractivity contribution >= 4 is 11.8 Å². The Hall–Kier alpha value is -2.15. The van der Waals surface area contributed by atoms with Gasteiger partial charge in [0.05, 0.1) is 4.92 Å². The molecule has 1 saturated heterocycles. The van der Waals surface area contributed by atoms with Gasteiger partial charge < -0.3 is 9.64 Å². The summed E-state index contributed by atoms with van der Waals surface area (Å²) >= 11 is 0. The monoisotopic (exact) mass is 307 g/mol. The van der Waals surface area contributed by atoms with Gasteiger partial charge in [-0.25, -0.2) is 4.79 Å². The van der Waals surface area contributed by atoms with Gasteiger partial charge in [-0.05, 0) is 32.9 Å². The summed E-state index contributed by atoms with van der Waals surface area (Å²) in [5, 5.41) is 10.6. The predicted molar refractivity (Wildman–Crippen MR) is 82.0 cm³/mol. The molecule has 0 atom stereocenters. The number of non-ortho nitro benzene ring substituents is 1. The second-order valence-corrected chi connectivity index (χ2v) is 6.26. The zero-order valence-electron chi connectivity index (χ0n) is 13.1. The number of rotatable bonds is 2. The van der Waals surface area contributed by atoms with Crippen LogP contribution >= 0.6 is 0 Å². The molecule has 1 heterocycles. The zero-order valence-corrected chi connectivity index (χ0v) is 13.1. The SMILES string of the molecule is CC(C)(C)N1CCN(C(=O)Oc2ccc([N+](=O)[O-])cc2)CC1. The lowest BCUT2D eigenvalue weighted by molar-refractivity contribution is -0.384. The average Bonchev–Trinajstić information content (AvgIpc) is 2.47. The Morgan fingerprint density at radius 1 is 1.14 bits per heavy atom. The first kappa shape index (κ1) is 16.2. The minimum atomic E-state index is -0.489. The predicted octanol–water partition coefficient (Wildman–Crippen LogP) is 2.51. The van der Waals surface area contributed by atoms with Crippen molar-refractivity contribution in [2.24, 2.45) is 0 Å². The van der Waals surface area contributed by atoms with Gasteiger partial charge in [0.2, 0.25) is 0 Å². The van der Waals surface area contributed by atoms with Crippen LogP contribution in [-0.2, 0) is 0 Å². The molecule has 1 aromatic rings. The third kappa shape index (κ3) is 3.94. The summed E-state index contributed by atoms with van der Waals surface area (Å²) in [4.78, 5) is 26.2. The molecule has 22 heavy (non-hydrogen) atoms. The van der Waals surface area contributed by atoms with Gasteiger partial charge in [0, 0.05) is 43.9 Å². The molecule has 0 bridgehead atoms. The number of nitro groups is 1. The highest BCUT2D eigenvalue weighted by Gasteiger charge is 2.28. The highest BCUT2D eigenvalue weighted by atomic mass is 16.6. The van der Waals surface area contributed by atoms with E-state index in [0.717, 1.165) is 13.1 Å². The van der Waals surface area contributed by atoms with Gasteiger partial charge in [-0.15, -0.1) is 0 Å². The van der Waals surface area contributed by atoms with Crippen LogP contribution in [-0.4, -0.2) is 52.5 Å². The molecule has 1 aromatic carbocycles. The number of nitro benzene ring substituents is 1. The standard InChI is InChI=1S/C15H21N3O4/c1-15(2,3)17-10-8-16(9-11-17)14(19)22-13-6-4-12(5-7-13)18(20)21/h4-7H,8-11H2,1-3H3. The number of benzene rings is 1. The molecule has 120 valence electrons. The summed E-state index contributed by atoms with van der Waals surface area (Å²) in [5.41, 5.74) is 0.0625. The molecule has 0 aliphatic carbocycles. The first-order valence-corrected chi connectivity index (χ1v) is 7.23. The molecule has 0 aromatic heterocycles. The van der Waals surface area contributed by atoms with Crippen LogP contribution in [0.4, 0.5) is 10.5 Å². The van der Waals surface area contributed by atoms with E-state index in [1.807, 2.05) is 0 Å². The summed E-state index contributed by atoms with van der Waals surface area (Å²) in [5.74, 6) is 0.314.